The van der Waals surface area contributed by atoms with Crippen molar-refractivity contribution in [1.29, 1.82) is 0 Å². The Labute approximate surface area is 187 Å². The Kier molecular flexibility index (Phi) is 7.61. The van der Waals surface area contributed by atoms with Crippen molar-refractivity contribution in [2.24, 2.45) is 11.8 Å². The smallest absolute Gasteiger partial charge is 0.432 e. The maximum Gasteiger partial charge on any atom is 0.458 e. The summed E-state index contributed by atoms with van der Waals surface area (Å²) in [5.41, 5.74) is -0.696. The number of benzene rings is 2. The molecular formula is C25H23F7O. The molecule has 0 amide bonds. The Morgan fingerprint density at radius 3 is 1.97 bits per heavy atom. The van der Waals surface area contributed by atoms with Gasteiger partial charge in [0.25, 0.3) is 0 Å². The van der Waals surface area contributed by atoms with Crippen molar-refractivity contribution in [1.82, 2.24) is 0 Å². The molecule has 3 rings (SSSR count). The van der Waals surface area contributed by atoms with Crippen molar-refractivity contribution in [3.63, 3.8) is 0 Å². The SMILES string of the molecule is CCCC1CCC(C(F)(F)Oc2ccc(-c3cc(F)c(C#CC(F)(F)F)c(F)c3)cc2)CC1. The minimum Gasteiger partial charge on any atom is -0.432 e. The first kappa shape index (κ1) is 24.9. The quantitative estimate of drug-likeness (QED) is 0.305. The van der Waals surface area contributed by atoms with Crippen molar-refractivity contribution >= 4 is 0 Å². The molecule has 0 radical (unpaired) electrons. The highest BCUT2D eigenvalue weighted by atomic mass is 19.4. The average Bonchev–Trinajstić information content (AvgIpc) is 2.73. The van der Waals surface area contributed by atoms with Crippen molar-refractivity contribution in [3.05, 3.63) is 53.6 Å². The van der Waals surface area contributed by atoms with E-state index in [1.807, 2.05) is 0 Å². The van der Waals surface area contributed by atoms with Crippen LogP contribution in [0.15, 0.2) is 36.4 Å². The second kappa shape index (κ2) is 10.1. The van der Waals surface area contributed by atoms with E-state index in [1.165, 1.54) is 30.2 Å². The van der Waals surface area contributed by atoms with Crippen molar-refractivity contribution < 1.29 is 35.5 Å². The fourth-order valence-electron chi connectivity index (χ4n) is 4.14. The van der Waals surface area contributed by atoms with E-state index in [2.05, 4.69) is 6.92 Å². The summed E-state index contributed by atoms with van der Waals surface area (Å²) in [6.45, 7) is 2.08. The first-order valence-electron chi connectivity index (χ1n) is 10.7. The Morgan fingerprint density at radius 1 is 0.879 bits per heavy atom. The van der Waals surface area contributed by atoms with Gasteiger partial charge in [-0.15, -0.1) is 0 Å². The second-order valence-electron chi connectivity index (χ2n) is 8.26. The standard InChI is InChI=1S/C25H23F7O/c1-2-3-16-4-8-19(9-5-16)25(31,32)33-20-10-6-17(7-11-20)18-14-22(26)21(23(27)15-18)12-13-24(28,29)30/h6-7,10-11,14-16,19H,2-5,8-9H2,1H3. The number of halogens is 7. The number of alkyl halides is 5. The van der Waals surface area contributed by atoms with Gasteiger partial charge >= 0.3 is 12.3 Å². The van der Waals surface area contributed by atoms with Gasteiger partial charge in [0, 0.05) is 5.92 Å². The number of hydrogen-bond acceptors (Lipinski definition) is 1. The molecule has 8 heteroatoms. The molecule has 178 valence electrons. The van der Waals surface area contributed by atoms with Gasteiger partial charge in [-0.25, -0.2) is 8.78 Å². The molecule has 0 heterocycles. The third kappa shape index (κ3) is 6.66. The van der Waals surface area contributed by atoms with E-state index >= 15 is 0 Å². The maximum atomic E-state index is 14.6. The summed E-state index contributed by atoms with van der Waals surface area (Å²) in [6, 6.07) is 6.89. The fraction of sp³-hybridized carbons (Fsp3) is 0.440. The molecule has 1 saturated carbocycles. The van der Waals surface area contributed by atoms with Crippen LogP contribution in [-0.2, 0) is 0 Å². The lowest BCUT2D eigenvalue weighted by atomic mass is 9.79. The molecule has 1 nitrogen and oxygen atoms in total. The molecule has 1 aliphatic carbocycles. The molecule has 0 unspecified atom stereocenters. The zero-order chi connectivity index (χ0) is 24.2. The summed E-state index contributed by atoms with van der Waals surface area (Å²) in [6.07, 6.45) is -3.88. The van der Waals surface area contributed by atoms with Gasteiger partial charge in [0.2, 0.25) is 0 Å². The summed E-state index contributed by atoms with van der Waals surface area (Å²) in [4.78, 5) is 0. The monoisotopic (exact) mass is 472 g/mol. The highest BCUT2D eigenvalue weighted by molar-refractivity contribution is 5.65. The molecule has 0 aliphatic heterocycles. The molecule has 2 aromatic rings. The molecule has 1 aliphatic rings. The van der Waals surface area contributed by atoms with Gasteiger partial charge in [-0.05, 0) is 67.0 Å². The van der Waals surface area contributed by atoms with E-state index in [1.54, 1.807) is 0 Å². The van der Waals surface area contributed by atoms with Gasteiger partial charge in [-0.1, -0.05) is 37.8 Å². The van der Waals surface area contributed by atoms with Crippen LogP contribution in [0.5, 0.6) is 5.75 Å². The Balaban J connectivity index is 1.70. The van der Waals surface area contributed by atoms with Crippen LogP contribution in [0.2, 0.25) is 0 Å². The highest BCUT2D eigenvalue weighted by Crippen LogP contribution is 2.41. The van der Waals surface area contributed by atoms with Gasteiger partial charge in [-0.2, -0.15) is 22.0 Å². The number of hydrogen-bond donors (Lipinski definition) is 0. The van der Waals surface area contributed by atoms with Crippen LogP contribution in [0.4, 0.5) is 30.7 Å². The van der Waals surface area contributed by atoms with Crippen LogP contribution >= 0.6 is 0 Å². The summed E-state index contributed by atoms with van der Waals surface area (Å²) in [7, 11) is 0. The second-order valence-corrected chi connectivity index (χ2v) is 8.26. The van der Waals surface area contributed by atoms with Crippen molar-refractivity contribution in [2.75, 3.05) is 0 Å². The Morgan fingerprint density at radius 2 is 1.45 bits per heavy atom. The van der Waals surface area contributed by atoms with E-state index in [-0.39, 0.29) is 16.9 Å². The average molecular weight is 472 g/mol. The van der Waals surface area contributed by atoms with Crippen molar-refractivity contribution in [3.8, 4) is 28.7 Å². The predicted molar refractivity (Wildman–Crippen MR) is 111 cm³/mol. The van der Waals surface area contributed by atoms with Crippen molar-refractivity contribution in [2.45, 2.75) is 57.7 Å². The third-order valence-corrected chi connectivity index (χ3v) is 5.83. The van der Waals surface area contributed by atoms with Gasteiger partial charge in [-0.3, -0.25) is 0 Å². The van der Waals surface area contributed by atoms with E-state index in [0.717, 1.165) is 43.7 Å². The molecule has 1 fully saturated rings. The van der Waals surface area contributed by atoms with E-state index in [4.69, 9.17) is 4.74 Å². The minimum absolute atomic E-state index is 0.0233. The Bertz CT molecular complexity index is 985. The summed E-state index contributed by atoms with van der Waals surface area (Å²) < 4.78 is 99.0. The first-order valence-corrected chi connectivity index (χ1v) is 10.7. The van der Waals surface area contributed by atoms with Gasteiger partial charge in [0.15, 0.2) is 0 Å². The van der Waals surface area contributed by atoms with Gasteiger partial charge in [0.1, 0.15) is 17.4 Å². The van der Waals surface area contributed by atoms with E-state index in [9.17, 15) is 30.7 Å². The molecule has 0 saturated heterocycles. The summed E-state index contributed by atoms with van der Waals surface area (Å²) >= 11 is 0. The van der Waals surface area contributed by atoms with Gasteiger partial charge < -0.3 is 4.74 Å². The highest BCUT2D eigenvalue weighted by Gasteiger charge is 2.43. The lowest BCUT2D eigenvalue weighted by Crippen LogP contribution is -2.37. The molecule has 0 aromatic heterocycles. The fourth-order valence-corrected chi connectivity index (χ4v) is 4.14. The maximum absolute atomic E-state index is 14.6. The van der Waals surface area contributed by atoms with Crippen LogP contribution in [0.25, 0.3) is 11.1 Å². The number of ether oxygens (including phenoxy) is 1. The van der Waals surface area contributed by atoms with E-state index < -0.39 is 35.4 Å². The van der Waals surface area contributed by atoms with E-state index in [0.29, 0.717) is 18.8 Å². The lowest BCUT2D eigenvalue weighted by Gasteiger charge is -2.33. The topological polar surface area (TPSA) is 9.23 Å². The predicted octanol–water partition coefficient (Wildman–Crippen LogP) is 8.12. The minimum atomic E-state index is -4.88. The van der Waals surface area contributed by atoms with Crippen LogP contribution in [-0.4, -0.2) is 12.3 Å². The molecule has 33 heavy (non-hydrogen) atoms. The number of rotatable bonds is 6. The zero-order valence-corrected chi connectivity index (χ0v) is 17.9. The summed E-state index contributed by atoms with van der Waals surface area (Å²) in [5, 5.41) is 0. The summed E-state index contributed by atoms with van der Waals surface area (Å²) in [5.74, 6) is -0.727. The molecule has 0 bridgehead atoms. The van der Waals surface area contributed by atoms with Crippen LogP contribution in [0.3, 0.4) is 0 Å². The molecule has 0 atom stereocenters. The Hall–Kier alpha value is -2.69. The normalized spacial score (nSPS) is 19.0. The molecule has 0 spiro atoms. The molecule has 0 N–H and O–H groups in total. The van der Waals surface area contributed by atoms with Crippen LogP contribution in [0, 0.1) is 35.3 Å². The zero-order valence-electron chi connectivity index (χ0n) is 17.9. The van der Waals surface area contributed by atoms with Crippen LogP contribution in [0.1, 0.15) is 51.0 Å². The van der Waals surface area contributed by atoms with Gasteiger partial charge in [0.05, 0.1) is 11.5 Å². The van der Waals surface area contributed by atoms with Crippen LogP contribution < -0.4 is 4.74 Å². The first-order chi connectivity index (χ1) is 15.5. The lowest BCUT2D eigenvalue weighted by molar-refractivity contribution is -0.223. The molecule has 2 aromatic carbocycles. The largest absolute Gasteiger partial charge is 0.458 e. The molecular weight excluding hydrogens is 449 g/mol. The third-order valence-electron chi connectivity index (χ3n) is 5.83.